The minimum atomic E-state index is 0.288. The number of aromatic nitrogens is 2. The van der Waals surface area contributed by atoms with Crippen LogP contribution in [0.15, 0.2) is 12.5 Å². The van der Waals surface area contributed by atoms with Gasteiger partial charge in [0.05, 0.1) is 12.0 Å². The topological polar surface area (TPSA) is 43.8 Å². The number of imidazole rings is 1. The van der Waals surface area contributed by atoms with Crippen LogP contribution in [-0.4, -0.2) is 9.55 Å². The van der Waals surface area contributed by atoms with Crippen LogP contribution < -0.4 is 5.73 Å². The molecule has 0 aromatic carbocycles. The van der Waals surface area contributed by atoms with Crippen molar-refractivity contribution < 1.29 is 0 Å². The number of nitrogens with two attached hydrogens (primary N) is 1. The van der Waals surface area contributed by atoms with Crippen LogP contribution in [0.5, 0.6) is 0 Å². The van der Waals surface area contributed by atoms with Gasteiger partial charge in [-0.05, 0) is 6.92 Å². The second kappa shape index (κ2) is 3.93. The Morgan fingerprint density at radius 3 is 3.17 bits per heavy atom. The van der Waals surface area contributed by atoms with E-state index in [1.807, 2.05) is 4.57 Å². The number of hydrogen-bond acceptors (Lipinski definition) is 2. The fraction of sp³-hybridized carbons (Fsp3) is 0.444. The lowest BCUT2D eigenvalue weighted by molar-refractivity contribution is 0.540. The Labute approximate surface area is 72.6 Å². The fourth-order valence-corrected chi connectivity index (χ4v) is 1.16. The van der Waals surface area contributed by atoms with Crippen molar-refractivity contribution in [3.8, 4) is 12.3 Å². The third kappa shape index (κ3) is 1.66. The molecule has 0 aliphatic carbocycles. The maximum Gasteiger partial charge on any atom is 0.0951 e. The van der Waals surface area contributed by atoms with Crippen LogP contribution in [0.2, 0.25) is 0 Å². The third-order valence-electron chi connectivity index (χ3n) is 1.84. The molecule has 3 heteroatoms. The normalized spacial score (nSPS) is 12.4. The molecule has 0 radical (unpaired) electrons. The van der Waals surface area contributed by atoms with E-state index in [9.17, 15) is 0 Å². The van der Waals surface area contributed by atoms with E-state index in [0.717, 1.165) is 5.69 Å². The first-order chi connectivity index (χ1) is 5.79. The van der Waals surface area contributed by atoms with Gasteiger partial charge in [-0.15, -0.1) is 12.3 Å². The van der Waals surface area contributed by atoms with E-state index >= 15 is 0 Å². The van der Waals surface area contributed by atoms with Crippen molar-refractivity contribution in [3.63, 3.8) is 0 Å². The Hall–Kier alpha value is -1.27. The first kappa shape index (κ1) is 8.82. The monoisotopic (exact) mass is 163 g/mol. The lowest BCUT2D eigenvalue weighted by atomic mass is 10.2. The van der Waals surface area contributed by atoms with Crippen LogP contribution in [0, 0.1) is 12.3 Å². The molecule has 12 heavy (non-hydrogen) atoms. The van der Waals surface area contributed by atoms with Gasteiger partial charge in [-0.1, -0.05) is 0 Å². The summed E-state index contributed by atoms with van der Waals surface area (Å²) < 4.78 is 2.01. The van der Waals surface area contributed by atoms with Gasteiger partial charge in [0.25, 0.3) is 0 Å². The summed E-state index contributed by atoms with van der Waals surface area (Å²) in [5.74, 6) is 2.62. The van der Waals surface area contributed by atoms with Crippen molar-refractivity contribution in [1.82, 2.24) is 9.55 Å². The molecule has 1 rings (SSSR count). The van der Waals surface area contributed by atoms with E-state index in [-0.39, 0.29) is 6.04 Å². The maximum atomic E-state index is 5.52. The summed E-state index contributed by atoms with van der Waals surface area (Å²) >= 11 is 0. The highest BCUT2D eigenvalue weighted by atomic mass is 15.1. The second-order valence-corrected chi connectivity index (χ2v) is 2.75. The van der Waals surface area contributed by atoms with Gasteiger partial charge in [-0.2, -0.15) is 0 Å². The molecule has 0 aliphatic rings. The van der Waals surface area contributed by atoms with Gasteiger partial charge in [0.2, 0.25) is 0 Å². The Kier molecular flexibility index (Phi) is 2.89. The minimum Gasteiger partial charge on any atom is -0.330 e. The average molecular weight is 163 g/mol. The molecule has 64 valence electrons. The maximum absolute atomic E-state index is 5.52. The molecular weight excluding hydrogens is 150 g/mol. The molecule has 1 heterocycles. The van der Waals surface area contributed by atoms with E-state index in [0.29, 0.717) is 13.0 Å². The predicted molar refractivity (Wildman–Crippen MR) is 48.3 cm³/mol. The van der Waals surface area contributed by atoms with Crippen molar-refractivity contribution in [1.29, 1.82) is 0 Å². The second-order valence-electron chi connectivity index (χ2n) is 2.75. The SMILES string of the molecule is C#CCC(C)n1cncc1CN. The van der Waals surface area contributed by atoms with E-state index in [2.05, 4.69) is 17.8 Å². The molecule has 0 saturated carbocycles. The number of nitrogens with zero attached hydrogens (tertiary/aromatic N) is 2. The van der Waals surface area contributed by atoms with Crippen LogP contribution in [0.25, 0.3) is 0 Å². The van der Waals surface area contributed by atoms with Gasteiger partial charge < -0.3 is 10.3 Å². The van der Waals surface area contributed by atoms with Gasteiger partial charge in [0.15, 0.2) is 0 Å². The molecule has 0 aliphatic heterocycles. The van der Waals surface area contributed by atoms with E-state index in [1.165, 1.54) is 0 Å². The largest absolute Gasteiger partial charge is 0.330 e. The Morgan fingerprint density at radius 2 is 2.58 bits per heavy atom. The van der Waals surface area contributed by atoms with E-state index < -0.39 is 0 Å². The molecule has 1 atom stereocenters. The van der Waals surface area contributed by atoms with E-state index in [4.69, 9.17) is 12.2 Å². The summed E-state index contributed by atoms with van der Waals surface area (Å²) in [4.78, 5) is 4.01. The minimum absolute atomic E-state index is 0.288. The van der Waals surface area contributed by atoms with Crippen molar-refractivity contribution in [2.75, 3.05) is 0 Å². The summed E-state index contributed by atoms with van der Waals surface area (Å²) in [5.41, 5.74) is 6.54. The van der Waals surface area contributed by atoms with E-state index in [1.54, 1.807) is 12.5 Å². The molecule has 0 bridgehead atoms. The highest BCUT2D eigenvalue weighted by Crippen LogP contribution is 2.12. The summed E-state index contributed by atoms with van der Waals surface area (Å²) in [7, 11) is 0. The molecule has 1 unspecified atom stereocenters. The predicted octanol–water partition coefficient (Wildman–Crippen LogP) is 0.926. The molecule has 0 saturated heterocycles. The van der Waals surface area contributed by atoms with Gasteiger partial charge in [0, 0.05) is 25.2 Å². The average Bonchev–Trinajstić information content (AvgIpc) is 2.51. The van der Waals surface area contributed by atoms with Crippen LogP contribution >= 0.6 is 0 Å². The number of hydrogen-bond donors (Lipinski definition) is 1. The number of terminal acetylenes is 1. The van der Waals surface area contributed by atoms with Gasteiger partial charge in [-0.25, -0.2) is 4.98 Å². The van der Waals surface area contributed by atoms with Crippen LogP contribution in [0.4, 0.5) is 0 Å². The fourth-order valence-electron chi connectivity index (χ4n) is 1.16. The van der Waals surface area contributed by atoms with Crippen LogP contribution in [0.1, 0.15) is 25.1 Å². The zero-order valence-electron chi connectivity index (χ0n) is 7.20. The van der Waals surface area contributed by atoms with Crippen molar-refractivity contribution >= 4 is 0 Å². The molecular formula is C9H13N3. The molecule has 2 N–H and O–H groups in total. The highest BCUT2D eigenvalue weighted by molar-refractivity contribution is 5.01. The molecule has 1 aromatic heterocycles. The summed E-state index contributed by atoms with van der Waals surface area (Å²) in [6.07, 6.45) is 9.46. The van der Waals surface area contributed by atoms with Crippen LogP contribution in [0.3, 0.4) is 0 Å². The standard InChI is InChI=1S/C9H13N3/c1-3-4-8(2)12-7-11-6-9(12)5-10/h1,6-8H,4-5,10H2,2H3. The molecule has 0 fully saturated rings. The van der Waals surface area contributed by atoms with Gasteiger partial charge >= 0.3 is 0 Å². The molecule has 0 spiro atoms. The Bertz CT molecular complexity index is 282. The zero-order valence-corrected chi connectivity index (χ0v) is 7.20. The van der Waals surface area contributed by atoms with Crippen LogP contribution in [-0.2, 0) is 6.54 Å². The van der Waals surface area contributed by atoms with Crippen molar-refractivity contribution in [3.05, 3.63) is 18.2 Å². The zero-order chi connectivity index (χ0) is 8.97. The Balaban J connectivity index is 2.80. The third-order valence-corrected chi connectivity index (χ3v) is 1.84. The lowest BCUT2D eigenvalue weighted by Gasteiger charge is -2.12. The molecule has 3 nitrogen and oxygen atoms in total. The smallest absolute Gasteiger partial charge is 0.0951 e. The summed E-state index contributed by atoms with van der Waals surface area (Å²) in [5, 5.41) is 0. The number of rotatable bonds is 3. The summed E-state index contributed by atoms with van der Waals surface area (Å²) in [6, 6.07) is 0.288. The van der Waals surface area contributed by atoms with Gasteiger partial charge in [-0.3, -0.25) is 0 Å². The first-order valence-electron chi connectivity index (χ1n) is 3.93. The molecule has 1 aromatic rings. The highest BCUT2D eigenvalue weighted by Gasteiger charge is 2.05. The first-order valence-corrected chi connectivity index (χ1v) is 3.93. The van der Waals surface area contributed by atoms with Crippen molar-refractivity contribution in [2.45, 2.75) is 25.9 Å². The molecule has 0 amide bonds. The van der Waals surface area contributed by atoms with Crippen molar-refractivity contribution in [2.24, 2.45) is 5.73 Å². The Morgan fingerprint density at radius 1 is 1.83 bits per heavy atom. The summed E-state index contributed by atoms with van der Waals surface area (Å²) in [6.45, 7) is 2.57. The lowest BCUT2D eigenvalue weighted by Crippen LogP contribution is -2.10. The van der Waals surface area contributed by atoms with Gasteiger partial charge in [0.1, 0.15) is 0 Å². The quantitative estimate of drug-likeness (QED) is 0.673.